The number of imidazole rings is 1. The number of likely N-dealkylation sites (tertiary alicyclic amines) is 1. The summed E-state index contributed by atoms with van der Waals surface area (Å²) in [7, 11) is 0. The number of rotatable bonds is 4. The molecule has 0 radical (unpaired) electrons. The van der Waals surface area contributed by atoms with Crippen molar-refractivity contribution in [2.24, 2.45) is 5.92 Å². The highest BCUT2D eigenvalue weighted by Crippen LogP contribution is 2.29. The molecule has 0 amide bonds. The Labute approximate surface area is 138 Å². The van der Waals surface area contributed by atoms with E-state index in [0.29, 0.717) is 12.0 Å². The van der Waals surface area contributed by atoms with E-state index in [-0.39, 0.29) is 0 Å². The monoisotopic (exact) mass is 313 g/mol. The first-order valence-corrected chi connectivity index (χ1v) is 9.10. The van der Waals surface area contributed by atoms with Crippen LogP contribution in [0.3, 0.4) is 0 Å². The van der Waals surface area contributed by atoms with E-state index in [1.165, 1.54) is 38.2 Å². The largest absolute Gasteiger partial charge is 0.316 e. The lowest BCUT2D eigenvalue weighted by molar-refractivity contribution is 0.335. The molecule has 2 aliphatic heterocycles. The number of hydrogen-bond acceptors (Lipinski definition) is 4. The minimum absolute atomic E-state index is 0.529. The molecule has 2 aromatic heterocycles. The van der Waals surface area contributed by atoms with Crippen molar-refractivity contribution in [2.45, 2.75) is 38.6 Å². The summed E-state index contributed by atoms with van der Waals surface area (Å²) in [6.45, 7) is 8.01. The van der Waals surface area contributed by atoms with Crippen LogP contribution < -0.4 is 5.32 Å². The highest BCUT2D eigenvalue weighted by molar-refractivity contribution is 5.71. The summed E-state index contributed by atoms with van der Waals surface area (Å²) >= 11 is 0. The van der Waals surface area contributed by atoms with Crippen molar-refractivity contribution in [1.29, 1.82) is 0 Å². The molecule has 0 saturated carbocycles. The van der Waals surface area contributed by atoms with Crippen LogP contribution in [0, 0.1) is 5.92 Å². The average Bonchev–Trinajstić information content (AvgIpc) is 3.19. The van der Waals surface area contributed by atoms with Gasteiger partial charge >= 0.3 is 0 Å². The van der Waals surface area contributed by atoms with Crippen LogP contribution in [0.15, 0.2) is 18.3 Å². The molecule has 2 fully saturated rings. The molecule has 1 N–H and O–H groups in total. The fourth-order valence-electron chi connectivity index (χ4n) is 4.17. The smallest absolute Gasteiger partial charge is 0.160 e. The van der Waals surface area contributed by atoms with E-state index >= 15 is 0 Å². The molecular weight excluding hydrogens is 286 g/mol. The molecule has 0 aliphatic carbocycles. The van der Waals surface area contributed by atoms with Crippen LogP contribution in [0.2, 0.25) is 0 Å². The number of aromatic nitrogens is 3. The topological polar surface area (TPSA) is 46.0 Å². The fraction of sp³-hybridized carbons (Fsp3) is 0.667. The summed E-state index contributed by atoms with van der Waals surface area (Å²) in [5.41, 5.74) is 2.13. The lowest BCUT2D eigenvalue weighted by Gasteiger charge is -2.24. The van der Waals surface area contributed by atoms with Crippen molar-refractivity contribution in [3.8, 4) is 0 Å². The predicted octanol–water partition coefficient (Wildman–Crippen LogP) is 2.24. The SMILES string of the molecule is CCN1CCC(n2c(CC3CCCNC3)nc3cccnc32)C1. The molecule has 0 spiro atoms. The van der Waals surface area contributed by atoms with Crippen molar-refractivity contribution in [3.63, 3.8) is 0 Å². The Morgan fingerprint density at radius 2 is 2.30 bits per heavy atom. The zero-order chi connectivity index (χ0) is 15.6. The van der Waals surface area contributed by atoms with E-state index in [1.807, 2.05) is 12.3 Å². The van der Waals surface area contributed by atoms with E-state index in [0.717, 1.165) is 37.2 Å². The molecule has 0 bridgehead atoms. The second-order valence-corrected chi connectivity index (χ2v) is 7.00. The number of nitrogens with zero attached hydrogens (tertiary/aromatic N) is 4. The van der Waals surface area contributed by atoms with Crippen molar-refractivity contribution in [1.82, 2.24) is 24.8 Å². The van der Waals surface area contributed by atoms with Gasteiger partial charge in [0.1, 0.15) is 11.3 Å². The second kappa shape index (κ2) is 6.57. The molecule has 2 unspecified atom stereocenters. The zero-order valence-electron chi connectivity index (χ0n) is 14.0. The highest BCUT2D eigenvalue weighted by atomic mass is 15.2. The third-order valence-electron chi connectivity index (χ3n) is 5.45. The van der Waals surface area contributed by atoms with E-state index in [9.17, 15) is 0 Å². The maximum absolute atomic E-state index is 4.96. The lowest BCUT2D eigenvalue weighted by atomic mass is 9.96. The minimum Gasteiger partial charge on any atom is -0.316 e. The van der Waals surface area contributed by atoms with Gasteiger partial charge in [0.25, 0.3) is 0 Å². The van der Waals surface area contributed by atoms with Crippen LogP contribution in [0.5, 0.6) is 0 Å². The normalized spacial score (nSPS) is 26.1. The first-order chi connectivity index (χ1) is 11.3. The Kier molecular flexibility index (Phi) is 4.31. The van der Waals surface area contributed by atoms with Crippen LogP contribution in [0.25, 0.3) is 11.2 Å². The minimum atomic E-state index is 0.529. The summed E-state index contributed by atoms with van der Waals surface area (Å²) < 4.78 is 2.46. The number of piperidine rings is 1. The van der Waals surface area contributed by atoms with Gasteiger partial charge in [-0.25, -0.2) is 9.97 Å². The number of nitrogens with one attached hydrogen (secondary N) is 1. The van der Waals surface area contributed by atoms with Gasteiger partial charge < -0.3 is 14.8 Å². The van der Waals surface area contributed by atoms with E-state index in [4.69, 9.17) is 4.98 Å². The molecule has 2 aromatic rings. The van der Waals surface area contributed by atoms with Crippen LogP contribution in [0.4, 0.5) is 0 Å². The average molecular weight is 313 g/mol. The van der Waals surface area contributed by atoms with Gasteiger partial charge in [0.15, 0.2) is 5.65 Å². The molecule has 2 atom stereocenters. The van der Waals surface area contributed by atoms with Crippen molar-refractivity contribution < 1.29 is 0 Å². The van der Waals surface area contributed by atoms with Gasteiger partial charge in [-0.15, -0.1) is 0 Å². The van der Waals surface area contributed by atoms with Crippen LogP contribution in [0.1, 0.15) is 38.1 Å². The maximum atomic E-state index is 4.96. The molecule has 2 saturated heterocycles. The summed E-state index contributed by atoms with van der Waals surface area (Å²) in [6, 6.07) is 4.63. The summed E-state index contributed by atoms with van der Waals surface area (Å²) in [5, 5.41) is 3.53. The number of likely N-dealkylation sites (N-methyl/N-ethyl adjacent to an activating group) is 1. The molecule has 2 aliphatic rings. The first kappa shape index (κ1) is 15.1. The zero-order valence-corrected chi connectivity index (χ0v) is 14.0. The van der Waals surface area contributed by atoms with Gasteiger partial charge in [0.05, 0.1) is 6.04 Å². The molecule has 5 nitrogen and oxygen atoms in total. The van der Waals surface area contributed by atoms with Crippen molar-refractivity contribution in [2.75, 3.05) is 32.7 Å². The molecule has 4 heterocycles. The van der Waals surface area contributed by atoms with Gasteiger partial charge in [-0.1, -0.05) is 6.92 Å². The van der Waals surface area contributed by atoms with Crippen LogP contribution >= 0.6 is 0 Å². The number of fused-ring (bicyclic) bond motifs is 1. The Hall–Kier alpha value is -1.46. The van der Waals surface area contributed by atoms with Crippen LogP contribution in [-0.2, 0) is 6.42 Å². The Morgan fingerprint density at radius 3 is 3.09 bits per heavy atom. The molecule has 4 rings (SSSR count). The van der Waals surface area contributed by atoms with Gasteiger partial charge in [-0.2, -0.15) is 0 Å². The van der Waals surface area contributed by atoms with E-state index in [1.54, 1.807) is 0 Å². The second-order valence-electron chi connectivity index (χ2n) is 7.00. The number of pyridine rings is 1. The third kappa shape index (κ3) is 3.00. The molecule has 124 valence electrons. The Bertz CT molecular complexity index is 658. The maximum Gasteiger partial charge on any atom is 0.160 e. The highest BCUT2D eigenvalue weighted by Gasteiger charge is 2.28. The van der Waals surface area contributed by atoms with Gasteiger partial charge in [-0.3, -0.25) is 0 Å². The molecule has 5 heteroatoms. The van der Waals surface area contributed by atoms with E-state index in [2.05, 4.69) is 32.8 Å². The van der Waals surface area contributed by atoms with Gasteiger partial charge in [0, 0.05) is 25.7 Å². The number of hydrogen-bond donors (Lipinski definition) is 1. The van der Waals surface area contributed by atoms with Gasteiger partial charge in [-0.05, 0) is 56.9 Å². The summed E-state index contributed by atoms with van der Waals surface area (Å²) in [6.07, 6.45) is 6.79. The third-order valence-corrected chi connectivity index (χ3v) is 5.45. The molecule has 0 aromatic carbocycles. The fourth-order valence-corrected chi connectivity index (χ4v) is 4.17. The summed E-state index contributed by atoms with van der Waals surface area (Å²) in [4.78, 5) is 12.1. The quantitative estimate of drug-likeness (QED) is 0.940. The lowest BCUT2D eigenvalue weighted by Crippen LogP contribution is -2.31. The molecular formula is C18H27N5. The van der Waals surface area contributed by atoms with Crippen molar-refractivity contribution in [3.05, 3.63) is 24.2 Å². The standard InChI is InChI=1S/C18H27N5/c1-2-22-10-7-15(13-22)23-17(11-14-5-3-8-19-12-14)21-16-6-4-9-20-18(16)23/h4,6,9,14-15,19H,2-3,5,7-8,10-13H2,1H3. The van der Waals surface area contributed by atoms with Gasteiger partial charge in [0.2, 0.25) is 0 Å². The van der Waals surface area contributed by atoms with Crippen molar-refractivity contribution >= 4 is 11.2 Å². The van der Waals surface area contributed by atoms with E-state index < -0.39 is 0 Å². The summed E-state index contributed by atoms with van der Waals surface area (Å²) in [5.74, 6) is 1.96. The Balaban J connectivity index is 1.66. The first-order valence-electron chi connectivity index (χ1n) is 9.10. The Morgan fingerprint density at radius 1 is 1.35 bits per heavy atom. The van der Waals surface area contributed by atoms with Crippen LogP contribution in [-0.4, -0.2) is 52.2 Å². The molecule has 23 heavy (non-hydrogen) atoms. The predicted molar refractivity (Wildman–Crippen MR) is 92.6 cm³/mol.